The summed E-state index contributed by atoms with van der Waals surface area (Å²) in [6.45, 7) is 0.432. The maximum Gasteiger partial charge on any atom is 0.187 e. The number of hydrogen-bond donors (Lipinski definition) is 12. The molecule has 4 rings (SSSR count). The molecular weight excluding hydrogens is 604 g/mol. The van der Waals surface area contributed by atoms with Crippen molar-refractivity contribution in [3.8, 4) is 0 Å². The Bertz CT molecular complexity index is 898. The van der Waals surface area contributed by atoms with Crippen LogP contribution in [0.1, 0.15) is 13.8 Å². The molecular formula is C25H44O19. The van der Waals surface area contributed by atoms with Crippen molar-refractivity contribution in [1.29, 1.82) is 0 Å². The summed E-state index contributed by atoms with van der Waals surface area (Å²) >= 11 is 0. The normalized spacial score (nSPS) is 53.9. The van der Waals surface area contributed by atoms with E-state index in [4.69, 9.17) is 33.2 Å². The Morgan fingerprint density at radius 3 is 1.59 bits per heavy atom. The van der Waals surface area contributed by atoms with Crippen LogP contribution < -0.4 is 0 Å². The van der Waals surface area contributed by atoms with Crippen LogP contribution in [0.5, 0.6) is 0 Å². The maximum absolute atomic E-state index is 11.2. The first-order valence-electron chi connectivity index (χ1n) is 14.3. The van der Waals surface area contributed by atoms with Gasteiger partial charge in [0, 0.05) is 5.92 Å². The van der Waals surface area contributed by atoms with Crippen molar-refractivity contribution >= 4 is 0 Å². The molecule has 44 heavy (non-hydrogen) atoms. The second-order valence-corrected chi connectivity index (χ2v) is 11.5. The summed E-state index contributed by atoms with van der Waals surface area (Å²) in [6, 6.07) is 0. The lowest BCUT2D eigenvalue weighted by atomic mass is 9.91. The number of ether oxygens (including phenoxy) is 7. The third-order valence-electron chi connectivity index (χ3n) is 8.51. The number of hydrogen-bond acceptors (Lipinski definition) is 19. The highest BCUT2D eigenvalue weighted by Gasteiger charge is 2.56. The predicted octanol–water partition coefficient (Wildman–Crippen LogP) is -7.45. The van der Waals surface area contributed by atoms with Crippen molar-refractivity contribution in [2.45, 2.75) is 131 Å². The molecule has 0 aromatic heterocycles. The minimum atomic E-state index is -1.90. The highest BCUT2D eigenvalue weighted by molar-refractivity contribution is 4.98. The van der Waals surface area contributed by atoms with Gasteiger partial charge in [-0.3, -0.25) is 0 Å². The van der Waals surface area contributed by atoms with Crippen molar-refractivity contribution in [2.24, 2.45) is 5.92 Å². The third kappa shape index (κ3) is 7.06. The molecule has 0 amide bonds. The van der Waals surface area contributed by atoms with Gasteiger partial charge in [0.2, 0.25) is 0 Å². The second-order valence-electron chi connectivity index (χ2n) is 11.5. The first-order chi connectivity index (χ1) is 20.7. The molecule has 0 bridgehead atoms. The number of aliphatic hydroxyl groups excluding tert-OH is 12. The Hall–Kier alpha value is -0.760. The van der Waals surface area contributed by atoms with E-state index in [9.17, 15) is 61.3 Å². The van der Waals surface area contributed by atoms with Crippen LogP contribution in [0.2, 0.25) is 0 Å². The lowest BCUT2D eigenvalue weighted by Gasteiger charge is -2.50. The van der Waals surface area contributed by atoms with Gasteiger partial charge < -0.3 is 94.4 Å². The molecule has 4 fully saturated rings. The van der Waals surface area contributed by atoms with Crippen LogP contribution in [-0.2, 0) is 33.2 Å². The van der Waals surface area contributed by atoms with Gasteiger partial charge in [-0.1, -0.05) is 6.92 Å². The zero-order valence-corrected chi connectivity index (χ0v) is 23.9. The molecule has 4 aliphatic rings. The Morgan fingerprint density at radius 1 is 0.432 bits per heavy atom. The molecule has 258 valence electrons. The molecule has 20 atom stereocenters. The van der Waals surface area contributed by atoms with Crippen molar-refractivity contribution < 1.29 is 94.4 Å². The summed E-state index contributed by atoms with van der Waals surface area (Å²) < 4.78 is 39.8. The van der Waals surface area contributed by atoms with Gasteiger partial charge >= 0.3 is 0 Å². The molecule has 9 unspecified atom stereocenters. The third-order valence-corrected chi connectivity index (χ3v) is 8.51. The summed E-state index contributed by atoms with van der Waals surface area (Å²) in [5.74, 6) is -0.979. The monoisotopic (exact) mass is 648 g/mol. The molecule has 4 saturated heterocycles. The van der Waals surface area contributed by atoms with E-state index in [1.165, 1.54) is 13.8 Å². The standard InChI is InChI=1S/C25H44O19/c1-6-11(29)13(31)8(3-26)40-23(6)43-20-14(32)9(4-27)41-25(42-19-10(5-28)39-22(37)17(35)16(19)34)21(20)44-24-18(36)15(33)12(30)7(2)38-24/h6-37H,3-5H2,1-2H3/t6-,7?,8?,9?,10-,11+,12+,13-,14-,15-,16?,17?,18+,19+,20-,21-,22?,23?,24?,25?/m0/s1. The number of aliphatic hydroxyl groups is 12. The first-order valence-corrected chi connectivity index (χ1v) is 14.3. The van der Waals surface area contributed by atoms with Crippen molar-refractivity contribution in [1.82, 2.24) is 0 Å². The maximum atomic E-state index is 11.2. The molecule has 4 heterocycles. The Labute approximate surface area is 251 Å². The second kappa shape index (κ2) is 15.0. The minimum Gasteiger partial charge on any atom is -0.394 e. The van der Waals surface area contributed by atoms with Gasteiger partial charge in [0.05, 0.1) is 32.0 Å². The first kappa shape index (κ1) is 36.1. The predicted molar refractivity (Wildman–Crippen MR) is 136 cm³/mol. The molecule has 12 N–H and O–H groups in total. The van der Waals surface area contributed by atoms with E-state index >= 15 is 0 Å². The van der Waals surface area contributed by atoms with Crippen LogP contribution in [0, 0.1) is 5.92 Å². The topological polar surface area (TPSA) is 307 Å². The summed E-state index contributed by atoms with van der Waals surface area (Å²) in [5, 5.41) is 123. The van der Waals surface area contributed by atoms with E-state index in [0.29, 0.717) is 0 Å². The van der Waals surface area contributed by atoms with Crippen LogP contribution in [0.3, 0.4) is 0 Å². The molecule has 4 aliphatic heterocycles. The number of rotatable bonds is 9. The van der Waals surface area contributed by atoms with Gasteiger partial charge in [-0.2, -0.15) is 0 Å². The van der Waals surface area contributed by atoms with E-state index in [-0.39, 0.29) is 0 Å². The summed E-state index contributed by atoms with van der Waals surface area (Å²) in [4.78, 5) is 0. The van der Waals surface area contributed by atoms with Crippen LogP contribution in [0.4, 0.5) is 0 Å². The Morgan fingerprint density at radius 2 is 0.977 bits per heavy atom. The fourth-order valence-electron chi connectivity index (χ4n) is 5.65. The zero-order valence-electron chi connectivity index (χ0n) is 23.9. The lowest BCUT2D eigenvalue weighted by Crippen LogP contribution is -2.68. The fraction of sp³-hybridized carbons (Fsp3) is 1.00. The average Bonchev–Trinajstić information content (AvgIpc) is 3.01. The van der Waals surface area contributed by atoms with Crippen molar-refractivity contribution in [3.05, 3.63) is 0 Å². The lowest BCUT2D eigenvalue weighted by molar-refractivity contribution is -0.402. The molecule has 0 radical (unpaired) electrons. The van der Waals surface area contributed by atoms with Crippen molar-refractivity contribution in [3.63, 3.8) is 0 Å². The van der Waals surface area contributed by atoms with Crippen LogP contribution >= 0.6 is 0 Å². The smallest absolute Gasteiger partial charge is 0.187 e. The fourth-order valence-corrected chi connectivity index (χ4v) is 5.65. The van der Waals surface area contributed by atoms with Crippen LogP contribution in [0.15, 0.2) is 0 Å². The van der Waals surface area contributed by atoms with Gasteiger partial charge in [0.25, 0.3) is 0 Å². The highest BCUT2D eigenvalue weighted by Crippen LogP contribution is 2.36. The van der Waals surface area contributed by atoms with E-state index in [2.05, 4.69) is 0 Å². The molecule has 0 saturated carbocycles. The van der Waals surface area contributed by atoms with Gasteiger partial charge in [0.15, 0.2) is 25.2 Å². The summed E-state index contributed by atoms with van der Waals surface area (Å²) in [6.07, 6.45) is -30.9. The Balaban J connectivity index is 1.69. The molecule has 0 aliphatic carbocycles. The molecule has 0 aromatic rings. The van der Waals surface area contributed by atoms with E-state index < -0.39 is 142 Å². The van der Waals surface area contributed by atoms with E-state index in [1.54, 1.807) is 0 Å². The summed E-state index contributed by atoms with van der Waals surface area (Å²) in [5.41, 5.74) is 0. The SMILES string of the molecule is CC1OC(O[C@@H]2C(O[C@H]3C(O)C(O)C(O)O[C@H]3CO)OC(CO)[C@H](O)[C@@H]2OC2OC(CO)[C@H](O)[C@H](O)[C@@H]2C)[C@H](O)[C@@H](O)[C@@H]1O. The highest BCUT2D eigenvalue weighted by atomic mass is 16.8. The molecule has 0 aromatic carbocycles. The minimum absolute atomic E-state index is 0.720. The zero-order chi connectivity index (χ0) is 32.6. The van der Waals surface area contributed by atoms with E-state index in [1.807, 2.05) is 0 Å². The van der Waals surface area contributed by atoms with E-state index in [0.717, 1.165) is 0 Å². The molecule has 19 nitrogen and oxygen atoms in total. The van der Waals surface area contributed by atoms with Gasteiger partial charge in [-0.15, -0.1) is 0 Å². The van der Waals surface area contributed by atoms with Crippen molar-refractivity contribution in [2.75, 3.05) is 19.8 Å². The quantitative estimate of drug-likeness (QED) is 0.110. The summed E-state index contributed by atoms with van der Waals surface area (Å²) in [7, 11) is 0. The Kier molecular flexibility index (Phi) is 12.3. The van der Waals surface area contributed by atoms with Gasteiger partial charge in [-0.05, 0) is 6.92 Å². The van der Waals surface area contributed by atoms with Gasteiger partial charge in [0.1, 0.15) is 79.4 Å². The van der Waals surface area contributed by atoms with Gasteiger partial charge in [-0.25, -0.2) is 0 Å². The van der Waals surface area contributed by atoms with Crippen LogP contribution in [0.25, 0.3) is 0 Å². The largest absolute Gasteiger partial charge is 0.394 e. The molecule has 19 heteroatoms. The average molecular weight is 649 g/mol. The van der Waals surface area contributed by atoms with Crippen LogP contribution in [-0.4, -0.2) is 198 Å². The molecule has 0 spiro atoms.